The van der Waals surface area contributed by atoms with Crippen LogP contribution in [0.5, 0.6) is 0 Å². The van der Waals surface area contributed by atoms with Gasteiger partial charge in [-0.1, -0.05) is 60.7 Å². The molecule has 0 amide bonds. The number of nitrogens with zero attached hydrogens (tertiary/aromatic N) is 1. The van der Waals surface area contributed by atoms with Crippen molar-refractivity contribution in [2.45, 2.75) is 44.2 Å². The molecule has 3 rings (SSSR count). The summed E-state index contributed by atoms with van der Waals surface area (Å²) in [5.41, 5.74) is 3.07. The maximum Gasteiger partial charge on any atom is 0.0232 e. The highest BCUT2D eigenvalue weighted by Gasteiger charge is 2.42. The van der Waals surface area contributed by atoms with Gasteiger partial charge in [-0.05, 0) is 44.9 Å². The number of piperidine rings is 1. The van der Waals surface area contributed by atoms with Gasteiger partial charge in [0, 0.05) is 17.5 Å². The highest BCUT2D eigenvalue weighted by molar-refractivity contribution is 5.40. The lowest BCUT2D eigenvalue weighted by atomic mass is 9.64. The topological polar surface area (TPSA) is 3.24 Å². The largest absolute Gasteiger partial charge is 0.301 e. The first-order valence-electron chi connectivity index (χ1n) is 7.96. The summed E-state index contributed by atoms with van der Waals surface area (Å²) in [6.45, 7) is 4.71. The standard InChI is InChI=1S/C20H25N/c1-16-14-20(15-17(2)21(16)3,18-10-6-4-7-11-18)19-12-8-5-9-13-19/h4-13,16-17H,14-15H2,1-3H3. The molecule has 0 bridgehead atoms. The van der Waals surface area contributed by atoms with Gasteiger partial charge in [0.2, 0.25) is 0 Å². The van der Waals surface area contributed by atoms with Crippen molar-refractivity contribution in [3.63, 3.8) is 0 Å². The van der Waals surface area contributed by atoms with Crippen molar-refractivity contribution in [1.82, 2.24) is 4.90 Å². The Hall–Kier alpha value is -1.60. The Morgan fingerprint density at radius 3 is 1.52 bits per heavy atom. The molecule has 2 unspecified atom stereocenters. The maximum absolute atomic E-state index is 2.52. The molecular formula is C20H25N. The Kier molecular flexibility index (Phi) is 3.86. The van der Waals surface area contributed by atoms with Gasteiger partial charge in [-0.2, -0.15) is 0 Å². The average Bonchev–Trinajstić information content (AvgIpc) is 2.54. The summed E-state index contributed by atoms with van der Waals surface area (Å²) in [4.78, 5) is 2.52. The van der Waals surface area contributed by atoms with E-state index in [1.165, 1.54) is 24.0 Å². The molecule has 1 aliphatic heterocycles. The average molecular weight is 279 g/mol. The van der Waals surface area contributed by atoms with Crippen molar-refractivity contribution >= 4 is 0 Å². The Morgan fingerprint density at radius 2 is 1.14 bits per heavy atom. The first-order valence-corrected chi connectivity index (χ1v) is 7.96. The van der Waals surface area contributed by atoms with Crippen molar-refractivity contribution in [3.05, 3.63) is 71.8 Å². The third-order valence-electron chi connectivity index (χ3n) is 5.33. The van der Waals surface area contributed by atoms with E-state index in [9.17, 15) is 0 Å². The second kappa shape index (κ2) is 5.65. The van der Waals surface area contributed by atoms with Crippen LogP contribution in [-0.4, -0.2) is 24.0 Å². The summed E-state index contributed by atoms with van der Waals surface area (Å²) < 4.78 is 0. The Bertz CT molecular complexity index is 522. The lowest BCUT2D eigenvalue weighted by molar-refractivity contribution is 0.0936. The van der Waals surface area contributed by atoms with Crippen molar-refractivity contribution < 1.29 is 0 Å². The van der Waals surface area contributed by atoms with Crippen molar-refractivity contribution in [2.24, 2.45) is 0 Å². The van der Waals surface area contributed by atoms with Crippen LogP contribution in [0.3, 0.4) is 0 Å². The molecule has 1 heteroatoms. The van der Waals surface area contributed by atoms with Crippen LogP contribution >= 0.6 is 0 Å². The van der Waals surface area contributed by atoms with Crippen LogP contribution in [0.25, 0.3) is 0 Å². The van der Waals surface area contributed by atoms with Gasteiger partial charge in [-0.25, -0.2) is 0 Å². The molecule has 0 aromatic heterocycles. The molecule has 0 saturated carbocycles. The first kappa shape index (κ1) is 14.3. The summed E-state index contributed by atoms with van der Waals surface area (Å²) >= 11 is 0. The fourth-order valence-corrected chi connectivity index (χ4v) is 3.97. The quantitative estimate of drug-likeness (QED) is 0.783. The minimum absolute atomic E-state index is 0.147. The number of hydrogen-bond donors (Lipinski definition) is 0. The smallest absolute Gasteiger partial charge is 0.0232 e. The minimum atomic E-state index is 0.147. The van der Waals surface area contributed by atoms with E-state index in [0.29, 0.717) is 12.1 Å². The molecule has 0 aliphatic carbocycles. The van der Waals surface area contributed by atoms with Gasteiger partial charge >= 0.3 is 0 Å². The zero-order chi connectivity index (χ0) is 14.9. The first-order chi connectivity index (χ1) is 10.1. The number of benzene rings is 2. The molecule has 2 aromatic carbocycles. The van der Waals surface area contributed by atoms with Gasteiger partial charge in [0.05, 0.1) is 0 Å². The number of likely N-dealkylation sites (tertiary alicyclic amines) is 1. The van der Waals surface area contributed by atoms with E-state index < -0.39 is 0 Å². The molecule has 1 saturated heterocycles. The third-order valence-corrected chi connectivity index (χ3v) is 5.33. The van der Waals surface area contributed by atoms with Gasteiger partial charge in [0.25, 0.3) is 0 Å². The summed E-state index contributed by atoms with van der Waals surface area (Å²) in [6, 6.07) is 23.3. The molecule has 1 nitrogen and oxygen atoms in total. The summed E-state index contributed by atoms with van der Waals surface area (Å²) in [6.07, 6.45) is 2.36. The van der Waals surface area contributed by atoms with E-state index in [4.69, 9.17) is 0 Å². The molecule has 2 aromatic rings. The molecular weight excluding hydrogens is 254 g/mol. The van der Waals surface area contributed by atoms with E-state index >= 15 is 0 Å². The van der Waals surface area contributed by atoms with Crippen LogP contribution in [0.15, 0.2) is 60.7 Å². The van der Waals surface area contributed by atoms with E-state index in [-0.39, 0.29) is 5.41 Å². The van der Waals surface area contributed by atoms with E-state index in [1.807, 2.05) is 0 Å². The fourth-order valence-electron chi connectivity index (χ4n) is 3.97. The van der Waals surface area contributed by atoms with Crippen LogP contribution in [0.4, 0.5) is 0 Å². The zero-order valence-corrected chi connectivity index (χ0v) is 13.3. The highest BCUT2D eigenvalue weighted by Crippen LogP contribution is 2.45. The zero-order valence-electron chi connectivity index (χ0n) is 13.3. The Labute approximate surface area is 128 Å². The van der Waals surface area contributed by atoms with Crippen molar-refractivity contribution in [3.8, 4) is 0 Å². The molecule has 0 spiro atoms. The summed E-state index contributed by atoms with van der Waals surface area (Å²) in [5, 5.41) is 0. The van der Waals surface area contributed by atoms with Crippen LogP contribution in [-0.2, 0) is 5.41 Å². The Morgan fingerprint density at radius 1 is 0.762 bits per heavy atom. The molecule has 1 heterocycles. The lowest BCUT2D eigenvalue weighted by Gasteiger charge is -2.49. The molecule has 21 heavy (non-hydrogen) atoms. The fraction of sp³-hybridized carbons (Fsp3) is 0.400. The van der Waals surface area contributed by atoms with Gasteiger partial charge in [0.15, 0.2) is 0 Å². The summed E-state index contributed by atoms with van der Waals surface area (Å²) in [7, 11) is 2.26. The lowest BCUT2D eigenvalue weighted by Crippen LogP contribution is -2.51. The van der Waals surface area contributed by atoms with Crippen molar-refractivity contribution in [2.75, 3.05) is 7.05 Å². The van der Waals surface area contributed by atoms with Crippen LogP contribution in [0.2, 0.25) is 0 Å². The van der Waals surface area contributed by atoms with E-state index in [0.717, 1.165) is 0 Å². The van der Waals surface area contributed by atoms with Crippen LogP contribution in [0.1, 0.15) is 37.8 Å². The second-order valence-corrected chi connectivity index (χ2v) is 6.59. The van der Waals surface area contributed by atoms with Gasteiger partial charge in [-0.3, -0.25) is 0 Å². The van der Waals surface area contributed by atoms with Crippen LogP contribution in [0, 0.1) is 0 Å². The highest BCUT2D eigenvalue weighted by atomic mass is 15.2. The minimum Gasteiger partial charge on any atom is -0.301 e. The number of hydrogen-bond acceptors (Lipinski definition) is 1. The molecule has 2 atom stereocenters. The van der Waals surface area contributed by atoms with Gasteiger partial charge in [0.1, 0.15) is 0 Å². The normalized spacial score (nSPS) is 25.7. The summed E-state index contributed by atoms with van der Waals surface area (Å²) in [5.74, 6) is 0. The van der Waals surface area contributed by atoms with E-state index in [2.05, 4.69) is 86.5 Å². The Balaban J connectivity index is 2.13. The SMILES string of the molecule is CC1CC(c2ccccc2)(c2ccccc2)CC(C)N1C. The predicted octanol–water partition coefficient (Wildman–Crippen LogP) is 4.48. The number of rotatable bonds is 2. The third kappa shape index (κ3) is 2.51. The monoisotopic (exact) mass is 279 g/mol. The molecule has 110 valence electrons. The predicted molar refractivity (Wildman–Crippen MR) is 89.6 cm³/mol. The second-order valence-electron chi connectivity index (χ2n) is 6.59. The van der Waals surface area contributed by atoms with Crippen molar-refractivity contribution in [1.29, 1.82) is 0 Å². The maximum atomic E-state index is 2.52. The molecule has 0 radical (unpaired) electrons. The van der Waals surface area contributed by atoms with E-state index in [1.54, 1.807) is 0 Å². The molecule has 0 N–H and O–H groups in total. The van der Waals surface area contributed by atoms with Crippen LogP contribution < -0.4 is 0 Å². The van der Waals surface area contributed by atoms with Gasteiger partial charge < -0.3 is 4.90 Å². The molecule has 1 fully saturated rings. The van der Waals surface area contributed by atoms with Gasteiger partial charge in [-0.15, -0.1) is 0 Å². The molecule has 1 aliphatic rings.